The molecule has 0 fully saturated rings. The average molecular weight is 248 g/mol. The van der Waals surface area contributed by atoms with Crippen LogP contribution in [0, 0.1) is 4.84 Å². The van der Waals surface area contributed by atoms with E-state index in [2.05, 4.69) is 36.1 Å². The van der Waals surface area contributed by atoms with Gasteiger partial charge in [-0.15, -0.1) is 0 Å². The number of hydrogen-bond donors (Lipinski definition) is 1. The highest BCUT2D eigenvalue weighted by molar-refractivity contribution is 7.71. The van der Waals surface area contributed by atoms with Gasteiger partial charge in [0.1, 0.15) is 0 Å². The van der Waals surface area contributed by atoms with Crippen molar-refractivity contribution in [3.8, 4) is 0 Å². The van der Waals surface area contributed by atoms with Crippen LogP contribution in [0.3, 0.4) is 0 Å². The molecule has 0 atom stereocenters. The Balaban J connectivity index is 2.57. The Bertz CT molecular complexity index is 526. The zero-order chi connectivity index (χ0) is 12.3. The van der Waals surface area contributed by atoms with E-state index in [1.54, 1.807) is 0 Å². The van der Waals surface area contributed by atoms with E-state index in [0.717, 1.165) is 18.7 Å². The van der Waals surface area contributed by atoms with Crippen LogP contribution in [0.15, 0.2) is 34.9 Å². The summed E-state index contributed by atoms with van der Waals surface area (Å²) in [6.45, 7) is 4.31. The molecule has 90 valence electrons. The van der Waals surface area contributed by atoms with Gasteiger partial charge in [0.05, 0.1) is 5.41 Å². The number of rotatable bonds is 4. The summed E-state index contributed by atoms with van der Waals surface area (Å²) in [5, 5.41) is 2.86. The quantitative estimate of drug-likeness (QED) is 0.836. The lowest BCUT2D eigenvalue weighted by Crippen LogP contribution is -2.27. The highest BCUT2D eigenvalue weighted by Gasteiger charge is 2.33. The van der Waals surface area contributed by atoms with Gasteiger partial charge in [0.25, 0.3) is 0 Å². The molecule has 2 aromatic rings. The summed E-state index contributed by atoms with van der Waals surface area (Å²) >= 11 is 4.94. The lowest BCUT2D eigenvalue weighted by molar-refractivity contribution is 0.369. The zero-order valence-electron chi connectivity index (χ0n) is 10.1. The van der Waals surface area contributed by atoms with Gasteiger partial charge in [-0.3, -0.25) is 0 Å². The fourth-order valence-corrected chi connectivity index (χ4v) is 2.45. The summed E-state index contributed by atoms with van der Waals surface area (Å²) in [7, 11) is 0. The van der Waals surface area contributed by atoms with Crippen molar-refractivity contribution in [1.29, 1.82) is 0 Å². The molecule has 17 heavy (non-hydrogen) atoms. The van der Waals surface area contributed by atoms with E-state index >= 15 is 0 Å². The fraction of sp³-hybridized carbons (Fsp3) is 0.385. The van der Waals surface area contributed by atoms with E-state index in [4.69, 9.17) is 16.7 Å². The Hall–Kier alpha value is -1.42. The second-order valence-corrected chi connectivity index (χ2v) is 4.43. The highest BCUT2D eigenvalue weighted by atomic mass is 32.1. The summed E-state index contributed by atoms with van der Waals surface area (Å²) in [6.07, 6.45) is 1.90. The number of nitrogens with zero attached hydrogens (tertiary/aromatic N) is 1. The highest BCUT2D eigenvalue weighted by Crippen LogP contribution is 2.36. The SMILES string of the molecule is CCC(CC)(c1ccccc1)c1nc(=S)o[nH]1. The molecule has 0 saturated carbocycles. The molecule has 0 aliphatic carbocycles. The predicted molar refractivity (Wildman–Crippen MR) is 69.5 cm³/mol. The first-order valence-corrected chi connectivity index (χ1v) is 6.25. The Morgan fingerprint density at radius 1 is 1.24 bits per heavy atom. The van der Waals surface area contributed by atoms with Crippen LogP contribution >= 0.6 is 12.2 Å². The zero-order valence-corrected chi connectivity index (χ0v) is 10.9. The molecule has 1 aromatic heterocycles. The lowest BCUT2D eigenvalue weighted by Gasteiger charge is -2.29. The van der Waals surface area contributed by atoms with Crippen LogP contribution in [0.4, 0.5) is 0 Å². The molecule has 0 unspecified atom stereocenters. The maximum Gasteiger partial charge on any atom is 0.314 e. The maximum atomic E-state index is 5.07. The second kappa shape index (κ2) is 4.84. The smallest absolute Gasteiger partial charge is 0.314 e. The summed E-state index contributed by atoms with van der Waals surface area (Å²) in [5.41, 5.74) is 1.10. The lowest BCUT2D eigenvalue weighted by atomic mass is 9.75. The Morgan fingerprint density at radius 3 is 2.35 bits per heavy atom. The topological polar surface area (TPSA) is 41.8 Å². The van der Waals surface area contributed by atoms with Crippen LogP contribution in [0.25, 0.3) is 0 Å². The van der Waals surface area contributed by atoms with E-state index in [9.17, 15) is 0 Å². The van der Waals surface area contributed by atoms with Gasteiger partial charge in [-0.2, -0.15) is 4.98 Å². The summed E-state index contributed by atoms with van der Waals surface area (Å²) in [4.78, 5) is 4.56. The van der Waals surface area contributed by atoms with Crippen molar-refractivity contribution in [2.45, 2.75) is 32.1 Å². The largest absolute Gasteiger partial charge is 0.348 e. The molecule has 0 spiro atoms. The van der Waals surface area contributed by atoms with Gasteiger partial charge in [-0.1, -0.05) is 44.2 Å². The number of H-pyrrole nitrogens is 1. The Labute approximate surface area is 106 Å². The van der Waals surface area contributed by atoms with Crippen LogP contribution < -0.4 is 0 Å². The Morgan fingerprint density at radius 2 is 1.88 bits per heavy atom. The first kappa shape index (κ1) is 12.0. The molecule has 0 amide bonds. The third-order valence-corrected chi connectivity index (χ3v) is 3.60. The minimum absolute atomic E-state index is 0.137. The first-order chi connectivity index (χ1) is 8.23. The van der Waals surface area contributed by atoms with E-state index in [1.165, 1.54) is 5.56 Å². The molecule has 0 bridgehead atoms. The Kier molecular flexibility index (Phi) is 3.43. The van der Waals surface area contributed by atoms with E-state index in [0.29, 0.717) is 0 Å². The minimum Gasteiger partial charge on any atom is -0.348 e. The predicted octanol–water partition coefficient (Wildman–Crippen LogP) is 3.84. The standard InChI is InChI=1S/C13H16N2OS/c1-3-13(4-2,10-8-6-5-7-9-10)11-14-12(17)16-15-11/h5-9H,3-4H2,1-2H3,(H,14,15,17). The van der Waals surface area contributed by atoms with Crippen molar-refractivity contribution in [3.05, 3.63) is 46.6 Å². The normalized spacial score (nSPS) is 11.6. The third kappa shape index (κ3) is 2.05. The van der Waals surface area contributed by atoms with Crippen LogP contribution in [0.1, 0.15) is 38.1 Å². The number of aromatic amines is 1. The van der Waals surface area contributed by atoms with E-state index < -0.39 is 0 Å². The monoisotopic (exact) mass is 248 g/mol. The van der Waals surface area contributed by atoms with Crippen molar-refractivity contribution in [1.82, 2.24) is 10.1 Å². The van der Waals surface area contributed by atoms with Crippen LogP contribution in [-0.4, -0.2) is 10.1 Å². The van der Waals surface area contributed by atoms with Gasteiger partial charge in [0, 0.05) is 0 Å². The van der Waals surface area contributed by atoms with E-state index in [1.807, 2.05) is 18.2 Å². The molecule has 0 radical (unpaired) electrons. The number of benzene rings is 1. The number of aromatic nitrogens is 2. The van der Waals surface area contributed by atoms with E-state index in [-0.39, 0.29) is 10.3 Å². The molecule has 0 aliphatic heterocycles. The van der Waals surface area contributed by atoms with Crippen molar-refractivity contribution in [2.24, 2.45) is 0 Å². The molecule has 0 aliphatic rings. The molecule has 1 N–H and O–H groups in total. The molecular formula is C13H16N2OS. The molecule has 2 rings (SSSR count). The maximum absolute atomic E-state index is 5.07. The fourth-order valence-electron chi connectivity index (χ4n) is 2.32. The van der Waals surface area contributed by atoms with Gasteiger partial charge in [-0.25, -0.2) is 5.16 Å². The van der Waals surface area contributed by atoms with Crippen molar-refractivity contribution in [3.63, 3.8) is 0 Å². The molecule has 0 saturated heterocycles. The number of hydrogen-bond acceptors (Lipinski definition) is 3. The van der Waals surface area contributed by atoms with Crippen molar-refractivity contribution >= 4 is 12.2 Å². The van der Waals surface area contributed by atoms with Crippen LogP contribution in [0.5, 0.6) is 0 Å². The minimum atomic E-state index is -0.137. The average Bonchev–Trinajstić information content (AvgIpc) is 2.80. The van der Waals surface area contributed by atoms with Gasteiger partial charge >= 0.3 is 4.84 Å². The summed E-state index contributed by atoms with van der Waals surface area (Å²) in [5.74, 6) is 0.818. The van der Waals surface area contributed by atoms with Gasteiger partial charge in [-0.05, 0) is 30.6 Å². The van der Waals surface area contributed by atoms with Crippen LogP contribution in [0.2, 0.25) is 0 Å². The van der Waals surface area contributed by atoms with Gasteiger partial charge in [0.15, 0.2) is 5.82 Å². The molecule has 3 nitrogen and oxygen atoms in total. The molecule has 1 aromatic carbocycles. The summed E-state index contributed by atoms with van der Waals surface area (Å²) < 4.78 is 5.07. The van der Waals surface area contributed by atoms with Crippen molar-refractivity contribution in [2.75, 3.05) is 0 Å². The number of nitrogens with one attached hydrogen (secondary N) is 1. The van der Waals surface area contributed by atoms with Crippen LogP contribution in [-0.2, 0) is 5.41 Å². The summed E-state index contributed by atoms with van der Waals surface area (Å²) in [6, 6.07) is 10.4. The molecule has 4 heteroatoms. The molecule has 1 heterocycles. The third-order valence-electron chi connectivity index (χ3n) is 3.42. The van der Waals surface area contributed by atoms with Crippen molar-refractivity contribution < 1.29 is 4.52 Å². The second-order valence-electron chi connectivity index (χ2n) is 4.09. The first-order valence-electron chi connectivity index (χ1n) is 5.84. The molecular weight excluding hydrogens is 232 g/mol. The van der Waals surface area contributed by atoms with Gasteiger partial charge < -0.3 is 4.52 Å². The van der Waals surface area contributed by atoms with Gasteiger partial charge in [0.2, 0.25) is 0 Å².